The molecule has 0 radical (unpaired) electrons. The lowest BCUT2D eigenvalue weighted by Gasteiger charge is -2.33. The highest BCUT2D eigenvalue weighted by Crippen LogP contribution is 2.25. The van der Waals surface area contributed by atoms with E-state index in [9.17, 15) is 18.3 Å². The van der Waals surface area contributed by atoms with Crippen molar-refractivity contribution in [2.24, 2.45) is 0 Å². The summed E-state index contributed by atoms with van der Waals surface area (Å²) in [5.74, 6) is 0.619. The molecule has 1 saturated heterocycles. The van der Waals surface area contributed by atoms with Crippen LogP contribution in [0.25, 0.3) is 0 Å². The van der Waals surface area contributed by atoms with Gasteiger partial charge in [0.05, 0.1) is 20.3 Å². The smallest absolute Gasteiger partial charge is 0.401 e. The number of alkyl halides is 3. The molecule has 2 rings (SSSR count). The molecule has 0 saturated carbocycles. The fourth-order valence-electron chi connectivity index (χ4n) is 2.72. The largest absolute Gasteiger partial charge is 0.496 e. The number of rotatable bonds is 5. The number of methoxy groups -OCH3 is 1. The third-order valence-corrected chi connectivity index (χ3v) is 3.81. The average Bonchev–Trinajstić information content (AvgIpc) is 2.47. The van der Waals surface area contributed by atoms with Gasteiger partial charge in [-0.05, 0) is 31.0 Å². The van der Waals surface area contributed by atoms with Crippen LogP contribution in [0.5, 0.6) is 5.75 Å². The molecule has 1 aromatic rings. The first-order chi connectivity index (χ1) is 10.4. The lowest BCUT2D eigenvalue weighted by molar-refractivity contribution is -0.147. The number of halogens is 3. The molecule has 1 fully saturated rings. The van der Waals surface area contributed by atoms with Crippen LogP contribution >= 0.6 is 0 Å². The third-order valence-electron chi connectivity index (χ3n) is 3.81. The predicted octanol–water partition coefficient (Wildman–Crippen LogP) is 2.63. The molecular weight excluding hydrogens is 297 g/mol. The van der Waals surface area contributed by atoms with Crippen LogP contribution in [-0.2, 0) is 6.61 Å². The molecule has 0 spiro atoms. The maximum atomic E-state index is 12.3. The van der Waals surface area contributed by atoms with Crippen molar-refractivity contribution in [3.63, 3.8) is 0 Å². The Balaban J connectivity index is 1.88. The Kier molecular flexibility index (Phi) is 5.52. The summed E-state index contributed by atoms with van der Waals surface area (Å²) in [4.78, 5) is 1.44. The average molecular weight is 318 g/mol. The molecule has 0 aliphatic carbocycles. The van der Waals surface area contributed by atoms with Gasteiger partial charge >= 0.3 is 6.18 Å². The van der Waals surface area contributed by atoms with Gasteiger partial charge in [0.1, 0.15) is 5.75 Å². The second kappa shape index (κ2) is 7.19. The number of likely N-dealkylation sites (tertiary alicyclic amines) is 1. The van der Waals surface area contributed by atoms with Gasteiger partial charge in [-0.25, -0.2) is 0 Å². The summed E-state index contributed by atoms with van der Waals surface area (Å²) < 4.78 is 42.2. The van der Waals surface area contributed by atoms with Gasteiger partial charge in [-0.1, -0.05) is 0 Å². The van der Waals surface area contributed by atoms with E-state index in [1.807, 2.05) is 6.07 Å². The van der Waals surface area contributed by atoms with Gasteiger partial charge in [-0.15, -0.1) is 0 Å². The van der Waals surface area contributed by atoms with E-state index < -0.39 is 12.7 Å². The minimum Gasteiger partial charge on any atom is -0.496 e. The van der Waals surface area contributed by atoms with E-state index in [0.717, 1.165) is 5.69 Å². The third kappa shape index (κ3) is 4.78. The van der Waals surface area contributed by atoms with Crippen molar-refractivity contribution in [1.29, 1.82) is 0 Å². The van der Waals surface area contributed by atoms with Gasteiger partial charge in [-0.3, -0.25) is 4.90 Å². The molecular formula is C15H21F3N2O2. The van der Waals surface area contributed by atoms with Crippen molar-refractivity contribution < 1.29 is 23.0 Å². The second-order valence-corrected chi connectivity index (χ2v) is 5.49. The molecule has 1 aliphatic heterocycles. The van der Waals surface area contributed by atoms with Gasteiger partial charge < -0.3 is 15.2 Å². The molecule has 1 heterocycles. The fourth-order valence-corrected chi connectivity index (χ4v) is 2.72. The van der Waals surface area contributed by atoms with Gasteiger partial charge in [0.2, 0.25) is 0 Å². The number of nitrogens with zero attached hydrogens (tertiary/aromatic N) is 1. The first-order valence-corrected chi connectivity index (χ1v) is 7.24. The van der Waals surface area contributed by atoms with Crippen molar-refractivity contribution in [1.82, 2.24) is 4.90 Å². The topological polar surface area (TPSA) is 44.7 Å². The number of benzene rings is 1. The van der Waals surface area contributed by atoms with Crippen molar-refractivity contribution >= 4 is 5.69 Å². The van der Waals surface area contributed by atoms with Crippen LogP contribution in [-0.4, -0.2) is 49.0 Å². The minimum absolute atomic E-state index is 0.122. The van der Waals surface area contributed by atoms with Crippen molar-refractivity contribution in [2.75, 3.05) is 32.1 Å². The van der Waals surface area contributed by atoms with E-state index in [4.69, 9.17) is 4.74 Å². The summed E-state index contributed by atoms with van der Waals surface area (Å²) >= 11 is 0. The Labute approximate surface area is 127 Å². The zero-order valence-electron chi connectivity index (χ0n) is 12.5. The molecule has 1 aromatic carbocycles. The number of hydrogen-bond donors (Lipinski definition) is 2. The SMILES string of the molecule is COc1ccc(NC2CCN(CC(F)(F)F)CC2)cc1CO. The number of piperidine rings is 1. The van der Waals surface area contributed by atoms with Gasteiger partial charge in [0, 0.05) is 30.4 Å². The Hall–Kier alpha value is -1.47. The second-order valence-electron chi connectivity index (χ2n) is 5.49. The van der Waals surface area contributed by atoms with E-state index in [0.29, 0.717) is 37.2 Å². The standard InChI is InChI=1S/C15H21F3N2O2/c1-22-14-3-2-13(8-11(14)9-21)19-12-4-6-20(7-5-12)10-15(16,17)18/h2-3,8,12,19,21H,4-7,9-10H2,1H3. The van der Waals surface area contributed by atoms with Crippen LogP contribution in [0, 0.1) is 0 Å². The highest BCUT2D eigenvalue weighted by molar-refractivity contribution is 5.51. The lowest BCUT2D eigenvalue weighted by atomic mass is 10.0. The number of ether oxygens (including phenoxy) is 1. The summed E-state index contributed by atoms with van der Waals surface area (Å²) in [6.07, 6.45) is -2.81. The van der Waals surface area contributed by atoms with E-state index in [1.165, 1.54) is 12.0 Å². The molecule has 2 N–H and O–H groups in total. The normalized spacial score (nSPS) is 17.5. The zero-order chi connectivity index (χ0) is 16.2. The summed E-state index contributed by atoms with van der Waals surface area (Å²) in [7, 11) is 1.54. The zero-order valence-corrected chi connectivity index (χ0v) is 12.5. The van der Waals surface area contributed by atoms with E-state index >= 15 is 0 Å². The van der Waals surface area contributed by atoms with Crippen molar-refractivity contribution in [2.45, 2.75) is 31.7 Å². The predicted molar refractivity (Wildman–Crippen MR) is 78.1 cm³/mol. The molecule has 0 amide bonds. The van der Waals surface area contributed by atoms with Crippen LogP contribution in [0.1, 0.15) is 18.4 Å². The van der Waals surface area contributed by atoms with Gasteiger partial charge in [-0.2, -0.15) is 13.2 Å². The van der Waals surface area contributed by atoms with Crippen LogP contribution in [0.2, 0.25) is 0 Å². The van der Waals surface area contributed by atoms with Crippen LogP contribution in [0.4, 0.5) is 18.9 Å². The van der Waals surface area contributed by atoms with Crippen molar-refractivity contribution in [3.05, 3.63) is 23.8 Å². The van der Waals surface area contributed by atoms with Crippen molar-refractivity contribution in [3.8, 4) is 5.75 Å². The Bertz CT molecular complexity index is 486. The molecule has 22 heavy (non-hydrogen) atoms. The van der Waals surface area contributed by atoms with Crippen LogP contribution in [0.3, 0.4) is 0 Å². The summed E-state index contributed by atoms with van der Waals surface area (Å²) in [6, 6.07) is 5.57. The number of aliphatic hydroxyl groups is 1. The molecule has 1 aliphatic rings. The first-order valence-electron chi connectivity index (χ1n) is 7.24. The maximum absolute atomic E-state index is 12.3. The summed E-state index contributed by atoms with van der Waals surface area (Å²) in [6.45, 7) is -0.0972. The number of anilines is 1. The Morgan fingerprint density at radius 3 is 2.55 bits per heavy atom. The molecule has 0 bridgehead atoms. The number of aliphatic hydroxyl groups excluding tert-OH is 1. The monoisotopic (exact) mass is 318 g/mol. The summed E-state index contributed by atoms with van der Waals surface area (Å²) in [5.41, 5.74) is 1.53. The number of nitrogens with one attached hydrogen (secondary N) is 1. The maximum Gasteiger partial charge on any atom is 0.401 e. The fraction of sp³-hybridized carbons (Fsp3) is 0.600. The van der Waals surface area contributed by atoms with Gasteiger partial charge in [0.15, 0.2) is 0 Å². The van der Waals surface area contributed by atoms with E-state index in [2.05, 4.69) is 5.32 Å². The lowest BCUT2D eigenvalue weighted by Crippen LogP contribution is -2.43. The quantitative estimate of drug-likeness (QED) is 0.876. The number of hydrogen-bond acceptors (Lipinski definition) is 4. The molecule has 0 unspecified atom stereocenters. The molecule has 0 atom stereocenters. The molecule has 124 valence electrons. The summed E-state index contributed by atoms with van der Waals surface area (Å²) in [5, 5.41) is 12.6. The highest BCUT2D eigenvalue weighted by Gasteiger charge is 2.32. The molecule has 7 heteroatoms. The van der Waals surface area contributed by atoms with E-state index in [1.54, 1.807) is 12.1 Å². The molecule has 4 nitrogen and oxygen atoms in total. The van der Waals surface area contributed by atoms with Crippen LogP contribution in [0.15, 0.2) is 18.2 Å². The Morgan fingerprint density at radius 2 is 2.00 bits per heavy atom. The highest BCUT2D eigenvalue weighted by atomic mass is 19.4. The minimum atomic E-state index is -4.13. The Morgan fingerprint density at radius 1 is 1.32 bits per heavy atom. The van der Waals surface area contributed by atoms with E-state index in [-0.39, 0.29) is 12.6 Å². The molecule has 0 aromatic heterocycles. The van der Waals surface area contributed by atoms with Crippen LogP contribution < -0.4 is 10.1 Å². The van der Waals surface area contributed by atoms with Gasteiger partial charge in [0.25, 0.3) is 0 Å². The first kappa shape index (κ1) is 16.9.